The Morgan fingerprint density at radius 3 is 2.73 bits per heavy atom. The van der Waals surface area contributed by atoms with Gasteiger partial charge in [-0.25, -0.2) is 0 Å². The van der Waals surface area contributed by atoms with Gasteiger partial charge in [-0.05, 0) is 31.0 Å². The standard InChI is InChI=1S/C20H19N5S/c1-3-11-25-19(17-5-4-10-22-14-17)23-24-20(25)26-18(13-21)12-16-8-6-15(2)7-9-16/h3-10,14,18H,1,11-12H2,2H3/t18-/m1/s1. The summed E-state index contributed by atoms with van der Waals surface area (Å²) < 4.78 is 1.97. The molecule has 0 fully saturated rings. The van der Waals surface area contributed by atoms with Gasteiger partial charge in [0.1, 0.15) is 5.25 Å². The maximum absolute atomic E-state index is 9.59. The molecule has 0 aliphatic carbocycles. The highest BCUT2D eigenvalue weighted by molar-refractivity contribution is 8.00. The second-order valence-corrected chi connectivity index (χ2v) is 7.04. The van der Waals surface area contributed by atoms with Crippen LogP contribution in [0, 0.1) is 18.3 Å². The highest BCUT2D eigenvalue weighted by Gasteiger charge is 2.18. The molecule has 0 spiro atoms. The van der Waals surface area contributed by atoms with E-state index >= 15 is 0 Å². The maximum Gasteiger partial charge on any atom is 0.193 e. The van der Waals surface area contributed by atoms with E-state index in [-0.39, 0.29) is 5.25 Å². The lowest BCUT2D eigenvalue weighted by Crippen LogP contribution is -2.07. The van der Waals surface area contributed by atoms with Crippen molar-refractivity contribution in [2.75, 3.05) is 0 Å². The fraction of sp³-hybridized carbons (Fsp3) is 0.200. The summed E-state index contributed by atoms with van der Waals surface area (Å²) in [6, 6.07) is 14.4. The predicted octanol–water partition coefficient (Wildman–Crippen LogP) is 4.06. The molecule has 0 N–H and O–H groups in total. The van der Waals surface area contributed by atoms with Crippen molar-refractivity contribution >= 4 is 11.8 Å². The summed E-state index contributed by atoms with van der Waals surface area (Å²) in [5.74, 6) is 0.729. The molecule has 2 aromatic heterocycles. The molecule has 5 nitrogen and oxygen atoms in total. The summed E-state index contributed by atoms with van der Waals surface area (Å²) in [6.07, 6.45) is 5.94. The van der Waals surface area contributed by atoms with Crippen molar-refractivity contribution in [2.24, 2.45) is 0 Å². The van der Waals surface area contributed by atoms with Crippen LogP contribution >= 0.6 is 11.8 Å². The minimum absolute atomic E-state index is 0.243. The maximum atomic E-state index is 9.59. The van der Waals surface area contributed by atoms with Crippen LogP contribution in [-0.2, 0) is 13.0 Å². The minimum Gasteiger partial charge on any atom is -0.298 e. The second kappa shape index (κ2) is 8.45. The molecule has 2 heterocycles. The van der Waals surface area contributed by atoms with Crippen LogP contribution in [0.1, 0.15) is 11.1 Å². The molecule has 3 rings (SSSR count). The number of nitriles is 1. The number of allylic oxidation sites excluding steroid dienone is 1. The van der Waals surface area contributed by atoms with E-state index < -0.39 is 0 Å². The number of hydrogen-bond acceptors (Lipinski definition) is 5. The monoisotopic (exact) mass is 361 g/mol. The van der Waals surface area contributed by atoms with E-state index in [0.29, 0.717) is 18.1 Å². The van der Waals surface area contributed by atoms with Gasteiger partial charge in [-0.1, -0.05) is 47.7 Å². The van der Waals surface area contributed by atoms with E-state index in [1.165, 1.54) is 17.3 Å². The van der Waals surface area contributed by atoms with E-state index in [0.717, 1.165) is 17.0 Å². The summed E-state index contributed by atoms with van der Waals surface area (Å²) >= 11 is 1.43. The Labute approximate surface area is 157 Å². The third-order valence-electron chi connectivity index (χ3n) is 3.88. The first-order valence-electron chi connectivity index (χ1n) is 8.27. The summed E-state index contributed by atoms with van der Waals surface area (Å²) in [6.45, 7) is 6.45. The predicted molar refractivity (Wildman–Crippen MR) is 104 cm³/mol. The number of rotatable bonds is 7. The topological polar surface area (TPSA) is 67.4 Å². The van der Waals surface area contributed by atoms with E-state index in [1.54, 1.807) is 18.5 Å². The molecule has 0 aliphatic rings. The number of aryl methyl sites for hydroxylation is 1. The molecule has 1 aromatic carbocycles. The zero-order chi connectivity index (χ0) is 18.4. The number of pyridine rings is 1. The molecule has 3 aromatic rings. The molecule has 0 amide bonds. The number of benzene rings is 1. The average Bonchev–Trinajstić information content (AvgIpc) is 3.06. The van der Waals surface area contributed by atoms with Gasteiger partial charge in [0.2, 0.25) is 0 Å². The van der Waals surface area contributed by atoms with Crippen molar-refractivity contribution in [3.63, 3.8) is 0 Å². The minimum atomic E-state index is -0.243. The first-order chi connectivity index (χ1) is 12.7. The summed E-state index contributed by atoms with van der Waals surface area (Å²) in [5, 5.41) is 18.7. The SMILES string of the molecule is C=CCn1c(S[C@@H](C#N)Cc2ccc(C)cc2)nnc1-c1cccnc1. The molecule has 0 unspecified atom stereocenters. The van der Waals surface area contributed by atoms with Crippen LogP contribution in [0.25, 0.3) is 11.4 Å². The Morgan fingerprint density at radius 2 is 2.08 bits per heavy atom. The zero-order valence-electron chi connectivity index (χ0n) is 14.5. The molecule has 0 radical (unpaired) electrons. The summed E-state index contributed by atoms with van der Waals surface area (Å²) in [7, 11) is 0. The molecule has 130 valence electrons. The Balaban J connectivity index is 1.84. The quantitative estimate of drug-likeness (QED) is 0.469. The Morgan fingerprint density at radius 1 is 1.27 bits per heavy atom. The van der Waals surface area contributed by atoms with Crippen molar-refractivity contribution in [3.05, 3.63) is 72.6 Å². The molecule has 1 atom stereocenters. The Bertz CT molecular complexity index is 910. The molecular formula is C20H19N5S. The van der Waals surface area contributed by atoms with Gasteiger partial charge < -0.3 is 0 Å². The number of nitrogens with zero attached hydrogens (tertiary/aromatic N) is 5. The summed E-state index contributed by atoms with van der Waals surface area (Å²) in [5.41, 5.74) is 3.24. The van der Waals surface area contributed by atoms with Gasteiger partial charge >= 0.3 is 0 Å². The van der Waals surface area contributed by atoms with Gasteiger partial charge in [0.15, 0.2) is 11.0 Å². The number of aromatic nitrogens is 4. The van der Waals surface area contributed by atoms with Crippen molar-refractivity contribution < 1.29 is 0 Å². The lowest BCUT2D eigenvalue weighted by atomic mass is 10.1. The highest BCUT2D eigenvalue weighted by atomic mass is 32.2. The highest BCUT2D eigenvalue weighted by Crippen LogP contribution is 2.28. The van der Waals surface area contributed by atoms with E-state index in [2.05, 4.69) is 59.0 Å². The van der Waals surface area contributed by atoms with Gasteiger partial charge in [-0.2, -0.15) is 5.26 Å². The van der Waals surface area contributed by atoms with Crippen molar-refractivity contribution in [2.45, 2.75) is 30.3 Å². The van der Waals surface area contributed by atoms with Crippen LogP contribution in [0.5, 0.6) is 0 Å². The molecule has 26 heavy (non-hydrogen) atoms. The van der Waals surface area contributed by atoms with E-state index in [1.807, 2.05) is 16.7 Å². The molecular weight excluding hydrogens is 342 g/mol. The molecule has 6 heteroatoms. The lowest BCUT2D eigenvalue weighted by Gasteiger charge is -2.11. The largest absolute Gasteiger partial charge is 0.298 e. The third-order valence-corrected chi connectivity index (χ3v) is 4.95. The van der Waals surface area contributed by atoms with Gasteiger partial charge in [-0.15, -0.1) is 16.8 Å². The fourth-order valence-corrected chi connectivity index (χ4v) is 3.52. The fourth-order valence-electron chi connectivity index (χ4n) is 2.56. The molecule has 0 bridgehead atoms. The van der Waals surface area contributed by atoms with E-state index in [4.69, 9.17) is 0 Å². The van der Waals surface area contributed by atoms with Gasteiger partial charge in [0, 0.05) is 24.5 Å². The van der Waals surface area contributed by atoms with Crippen LogP contribution in [0.4, 0.5) is 0 Å². The second-order valence-electron chi connectivity index (χ2n) is 5.87. The van der Waals surface area contributed by atoms with Crippen LogP contribution in [0.2, 0.25) is 0 Å². The summed E-state index contributed by atoms with van der Waals surface area (Å²) in [4.78, 5) is 4.15. The number of thioether (sulfide) groups is 1. The van der Waals surface area contributed by atoms with Crippen molar-refractivity contribution in [3.8, 4) is 17.5 Å². The average molecular weight is 361 g/mol. The van der Waals surface area contributed by atoms with Gasteiger partial charge in [-0.3, -0.25) is 9.55 Å². The Hall–Kier alpha value is -2.91. The number of hydrogen-bond donors (Lipinski definition) is 0. The van der Waals surface area contributed by atoms with Crippen LogP contribution in [0.3, 0.4) is 0 Å². The molecule has 0 aliphatic heterocycles. The van der Waals surface area contributed by atoms with Crippen LogP contribution in [0.15, 0.2) is 66.6 Å². The van der Waals surface area contributed by atoms with Crippen molar-refractivity contribution in [1.82, 2.24) is 19.7 Å². The van der Waals surface area contributed by atoms with Gasteiger partial charge in [0.25, 0.3) is 0 Å². The lowest BCUT2D eigenvalue weighted by molar-refractivity contribution is 0.729. The Kier molecular flexibility index (Phi) is 5.82. The van der Waals surface area contributed by atoms with Crippen LogP contribution in [-0.4, -0.2) is 25.0 Å². The van der Waals surface area contributed by atoms with Crippen LogP contribution < -0.4 is 0 Å². The smallest absolute Gasteiger partial charge is 0.193 e. The normalized spacial score (nSPS) is 11.7. The van der Waals surface area contributed by atoms with Gasteiger partial charge in [0.05, 0.1) is 6.07 Å². The van der Waals surface area contributed by atoms with Crippen molar-refractivity contribution in [1.29, 1.82) is 5.26 Å². The zero-order valence-corrected chi connectivity index (χ0v) is 15.4. The first-order valence-corrected chi connectivity index (χ1v) is 9.15. The molecule has 0 saturated heterocycles. The van der Waals surface area contributed by atoms with E-state index in [9.17, 15) is 5.26 Å². The molecule has 0 saturated carbocycles. The first kappa shape index (κ1) is 17.9. The third kappa shape index (κ3) is 4.19.